The van der Waals surface area contributed by atoms with Gasteiger partial charge in [0.25, 0.3) is 5.91 Å². The number of carbonyl (C=O) groups is 1. The van der Waals surface area contributed by atoms with E-state index in [1.54, 1.807) is 11.3 Å². The van der Waals surface area contributed by atoms with Crippen molar-refractivity contribution in [3.8, 4) is 5.75 Å². The first-order valence-corrected chi connectivity index (χ1v) is 10.9. The van der Waals surface area contributed by atoms with Gasteiger partial charge in [-0.15, -0.1) is 11.3 Å². The maximum atomic E-state index is 12.8. The van der Waals surface area contributed by atoms with Gasteiger partial charge in [0.2, 0.25) is 0 Å². The zero-order valence-electron chi connectivity index (χ0n) is 17.3. The zero-order valence-corrected chi connectivity index (χ0v) is 18.1. The van der Waals surface area contributed by atoms with Crippen molar-refractivity contribution >= 4 is 17.2 Å². The van der Waals surface area contributed by atoms with Gasteiger partial charge in [-0.3, -0.25) is 4.79 Å². The number of fused-ring (bicyclic) bond motifs is 1. The molecule has 1 aliphatic rings. The summed E-state index contributed by atoms with van der Waals surface area (Å²) in [5.74, 6) is 2.17. The third-order valence-electron chi connectivity index (χ3n) is 5.65. The van der Waals surface area contributed by atoms with Crippen LogP contribution in [0.5, 0.6) is 5.75 Å². The first-order chi connectivity index (χ1) is 13.4. The highest BCUT2D eigenvalue weighted by Gasteiger charge is 2.31. The molecule has 1 aliphatic carbocycles. The third kappa shape index (κ3) is 4.58. The quantitative estimate of drug-likeness (QED) is 0.644. The molecule has 0 radical (unpaired) electrons. The number of ether oxygens (including phenoxy) is 1. The molecule has 152 valence electrons. The summed E-state index contributed by atoms with van der Waals surface area (Å²) in [7, 11) is 0. The van der Waals surface area contributed by atoms with Crippen molar-refractivity contribution in [1.29, 1.82) is 0 Å². The third-order valence-corrected chi connectivity index (χ3v) is 6.84. The van der Waals surface area contributed by atoms with Crippen LogP contribution >= 0.6 is 11.3 Å². The molecule has 0 unspecified atom stereocenters. The summed E-state index contributed by atoms with van der Waals surface area (Å²) in [5, 5.41) is 12.0. The number of rotatable bonds is 8. The van der Waals surface area contributed by atoms with Crippen LogP contribution in [0.1, 0.15) is 57.1 Å². The molecule has 0 aliphatic heterocycles. The lowest BCUT2D eigenvalue weighted by molar-refractivity contribution is 0.0954. The van der Waals surface area contributed by atoms with E-state index in [1.165, 1.54) is 16.0 Å². The Kier molecular flexibility index (Phi) is 6.78. The average molecular weight is 402 g/mol. The summed E-state index contributed by atoms with van der Waals surface area (Å²) in [6, 6.07) is 5.97. The minimum absolute atomic E-state index is 0.0414. The van der Waals surface area contributed by atoms with E-state index < -0.39 is 0 Å². The summed E-state index contributed by atoms with van der Waals surface area (Å²) in [4.78, 5) is 15.0. The zero-order chi connectivity index (χ0) is 20.3. The molecule has 2 N–H and O–H groups in total. The molecule has 1 heterocycles. The van der Waals surface area contributed by atoms with Crippen molar-refractivity contribution in [2.45, 2.75) is 53.5 Å². The Labute approximate surface area is 171 Å². The first-order valence-electron chi connectivity index (χ1n) is 10.1. The minimum atomic E-state index is 0.0414. The number of aliphatic hydroxyl groups excluding tert-OH is 1. The van der Waals surface area contributed by atoms with Crippen LogP contribution in [0.2, 0.25) is 0 Å². The highest BCUT2D eigenvalue weighted by atomic mass is 32.1. The fourth-order valence-corrected chi connectivity index (χ4v) is 4.98. The molecule has 2 aromatic rings. The van der Waals surface area contributed by atoms with Crippen LogP contribution in [0.3, 0.4) is 0 Å². The van der Waals surface area contributed by atoms with E-state index >= 15 is 0 Å². The smallest absolute Gasteiger partial charge is 0.261 e. The lowest BCUT2D eigenvalue weighted by Gasteiger charge is -2.14. The van der Waals surface area contributed by atoms with Gasteiger partial charge in [0.1, 0.15) is 5.75 Å². The number of thiophene rings is 1. The number of hydrogen-bond donors (Lipinski definition) is 2. The van der Waals surface area contributed by atoms with E-state index in [4.69, 9.17) is 9.84 Å². The van der Waals surface area contributed by atoms with Crippen molar-refractivity contribution in [1.82, 2.24) is 5.32 Å². The number of carbonyl (C=O) groups excluding carboxylic acids is 1. The van der Waals surface area contributed by atoms with Crippen molar-refractivity contribution in [2.75, 3.05) is 13.2 Å². The Morgan fingerprint density at radius 2 is 2.04 bits per heavy atom. The number of hydrogen-bond acceptors (Lipinski definition) is 4. The van der Waals surface area contributed by atoms with Gasteiger partial charge >= 0.3 is 0 Å². The summed E-state index contributed by atoms with van der Waals surface area (Å²) in [5.41, 5.74) is 4.79. The summed E-state index contributed by atoms with van der Waals surface area (Å²) in [6.07, 6.45) is 2.76. The molecular formula is C23H31NO3S. The fourth-order valence-electron chi connectivity index (χ4n) is 3.85. The lowest BCUT2D eigenvalue weighted by atomic mass is 9.93. The second kappa shape index (κ2) is 9.10. The number of benzene rings is 1. The summed E-state index contributed by atoms with van der Waals surface area (Å²) >= 11 is 1.64. The SMILES string of the molecule is Cc1cc(CNC(=O)c2sc(C)c3c2C[C@@H](C(C)C)C3)ccc1OCCCO. The molecule has 4 nitrogen and oxygen atoms in total. The molecule has 0 spiro atoms. The Bertz CT molecular complexity index is 841. The van der Waals surface area contributed by atoms with Gasteiger partial charge in [-0.2, -0.15) is 0 Å². The molecule has 1 aromatic heterocycles. The van der Waals surface area contributed by atoms with Gasteiger partial charge in [0.05, 0.1) is 11.5 Å². The van der Waals surface area contributed by atoms with E-state index in [0.717, 1.165) is 34.6 Å². The Morgan fingerprint density at radius 3 is 2.71 bits per heavy atom. The molecule has 28 heavy (non-hydrogen) atoms. The molecule has 0 bridgehead atoms. The van der Waals surface area contributed by atoms with E-state index in [9.17, 15) is 4.79 Å². The van der Waals surface area contributed by atoms with Crippen LogP contribution in [-0.4, -0.2) is 24.2 Å². The topological polar surface area (TPSA) is 58.6 Å². The van der Waals surface area contributed by atoms with E-state index in [-0.39, 0.29) is 12.5 Å². The van der Waals surface area contributed by atoms with Crippen LogP contribution in [0, 0.1) is 25.7 Å². The molecule has 5 heteroatoms. The van der Waals surface area contributed by atoms with Crippen LogP contribution < -0.4 is 10.1 Å². The highest BCUT2D eigenvalue weighted by molar-refractivity contribution is 7.14. The van der Waals surface area contributed by atoms with Crippen LogP contribution in [0.15, 0.2) is 18.2 Å². The maximum absolute atomic E-state index is 12.8. The Balaban J connectivity index is 1.63. The highest BCUT2D eigenvalue weighted by Crippen LogP contribution is 2.40. The van der Waals surface area contributed by atoms with Crippen molar-refractivity contribution in [3.05, 3.63) is 50.2 Å². The second-order valence-electron chi connectivity index (χ2n) is 8.06. The van der Waals surface area contributed by atoms with Crippen LogP contribution in [0.25, 0.3) is 0 Å². The molecule has 0 fully saturated rings. The van der Waals surface area contributed by atoms with Crippen LogP contribution in [-0.2, 0) is 19.4 Å². The normalized spacial score (nSPS) is 15.7. The van der Waals surface area contributed by atoms with Crippen LogP contribution in [0.4, 0.5) is 0 Å². The largest absolute Gasteiger partial charge is 0.493 e. The van der Waals surface area contributed by atoms with E-state index in [0.29, 0.717) is 31.4 Å². The fraction of sp³-hybridized carbons (Fsp3) is 0.522. The molecule has 3 rings (SSSR count). The monoisotopic (exact) mass is 401 g/mol. The summed E-state index contributed by atoms with van der Waals surface area (Å²) in [6.45, 7) is 9.84. The standard InChI is InChI=1S/C23H31NO3S/c1-14(2)18-11-19-16(4)28-22(20(19)12-18)23(26)24-13-17-6-7-21(15(3)10-17)27-9-5-8-25/h6-7,10,14,18,25H,5,8-9,11-13H2,1-4H3,(H,24,26)/t18-/m0/s1. The van der Waals surface area contributed by atoms with Gasteiger partial charge in [-0.1, -0.05) is 26.0 Å². The molecule has 0 saturated heterocycles. The molecular weight excluding hydrogens is 370 g/mol. The Morgan fingerprint density at radius 1 is 1.29 bits per heavy atom. The lowest BCUT2D eigenvalue weighted by Crippen LogP contribution is -2.23. The predicted octanol–water partition coefficient (Wildman–Crippen LogP) is 4.43. The van der Waals surface area contributed by atoms with E-state index in [1.807, 2.05) is 25.1 Å². The van der Waals surface area contributed by atoms with Gasteiger partial charge in [0.15, 0.2) is 0 Å². The van der Waals surface area contributed by atoms with Gasteiger partial charge in [0, 0.05) is 24.4 Å². The van der Waals surface area contributed by atoms with Gasteiger partial charge in [-0.25, -0.2) is 0 Å². The van der Waals surface area contributed by atoms with E-state index in [2.05, 4.69) is 26.1 Å². The van der Waals surface area contributed by atoms with Gasteiger partial charge < -0.3 is 15.2 Å². The average Bonchev–Trinajstić information content (AvgIpc) is 3.22. The Hall–Kier alpha value is -1.85. The number of amides is 1. The van der Waals surface area contributed by atoms with Gasteiger partial charge in [-0.05, 0) is 66.8 Å². The molecule has 1 amide bonds. The second-order valence-corrected chi connectivity index (χ2v) is 9.29. The molecule has 1 atom stereocenters. The minimum Gasteiger partial charge on any atom is -0.493 e. The molecule has 0 saturated carbocycles. The van der Waals surface area contributed by atoms with Crippen molar-refractivity contribution in [2.24, 2.45) is 11.8 Å². The van der Waals surface area contributed by atoms with Crippen molar-refractivity contribution in [3.63, 3.8) is 0 Å². The maximum Gasteiger partial charge on any atom is 0.261 e. The molecule has 1 aromatic carbocycles. The number of aryl methyl sites for hydroxylation is 2. The number of aliphatic hydroxyl groups is 1. The summed E-state index contributed by atoms with van der Waals surface area (Å²) < 4.78 is 5.66. The first kappa shape index (κ1) is 20.9. The number of nitrogens with one attached hydrogen (secondary N) is 1. The van der Waals surface area contributed by atoms with Crippen molar-refractivity contribution < 1.29 is 14.6 Å². The predicted molar refractivity (Wildman–Crippen MR) is 114 cm³/mol.